The van der Waals surface area contributed by atoms with Gasteiger partial charge >= 0.3 is 0 Å². The molecule has 1 aliphatic carbocycles. The Kier molecular flexibility index (Phi) is 8.15. The van der Waals surface area contributed by atoms with E-state index in [2.05, 4.69) is 33.3 Å². The van der Waals surface area contributed by atoms with Crippen LogP contribution in [0, 0.1) is 11.3 Å². The Morgan fingerprint density at radius 3 is 2.74 bits per heavy atom. The number of hydrogen-bond donors (Lipinski definition) is 2. The number of unbranched alkanes of at least 4 members (excludes halogenated alkanes) is 2. The second-order valence-electron chi connectivity index (χ2n) is 11.2. The SMILES string of the molecule is CCC(=O)CCCCC[C@H](NC(=O)[C@H]1CC12CCN(C)CC2)c1ncc(-c2ccc3cnc(Cl)cc3c2)[nH]1. The number of imidazole rings is 1. The second kappa shape index (κ2) is 11.5. The Balaban J connectivity index is 1.29. The lowest BCUT2D eigenvalue weighted by atomic mass is 9.91. The van der Waals surface area contributed by atoms with Gasteiger partial charge in [0.25, 0.3) is 0 Å². The number of halogens is 1. The van der Waals surface area contributed by atoms with Crippen LogP contribution in [0.25, 0.3) is 22.0 Å². The van der Waals surface area contributed by atoms with Gasteiger partial charge < -0.3 is 15.2 Å². The van der Waals surface area contributed by atoms with E-state index in [9.17, 15) is 9.59 Å². The standard InChI is InChI=1S/C30H38ClN5O2/c1-3-23(37)7-5-4-6-8-25(35-29(38)24-17-30(24)11-13-36(2)14-12-30)28-33-19-26(34-28)20-9-10-21-18-32-27(31)16-22(21)15-20/h9-10,15-16,18-19,24-25H,3-8,11-14,17H2,1-2H3,(H,33,34)(H,35,38)/t24-,25+/m1/s1. The number of rotatable bonds is 11. The Morgan fingerprint density at radius 1 is 1.13 bits per heavy atom. The van der Waals surface area contributed by atoms with E-state index in [0.717, 1.165) is 85.9 Å². The van der Waals surface area contributed by atoms with E-state index >= 15 is 0 Å². The fourth-order valence-corrected chi connectivity index (χ4v) is 6.02. The molecule has 0 radical (unpaired) electrons. The average molecular weight is 536 g/mol. The molecule has 1 amide bonds. The van der Waals surface area contributed by atoms with Gasteiger partial charge in [0.2, 0.25) is 5.91 Å². The normalized spacial score (nSPS) is 19.5. The molecule has 2 aromatic heterocycles. The lowest BCUT2D eigenvalue weighted by Gasteiger charge is -2.30. The highest BCUT2D eigenvalue weighted by molar-refractivity contribution is 6.30. The van der Waals surface area contributed by atoms with Gasteiger partial charge in [-0.2, -0.15) is 0 Å². The molecule has 1 saturated carbocycles. The molecule has 2 N–H and O–H groups in total. The van der Waals surface area contributed by atoms with Crippen molar-refractivity contribution >= 4 is 34.1 Å². The third-order valence-electron chi connectivity index (χ3n) is 8.57. The zero-order chi connectivity index (χ0) is 26.7. The number of amides is 1. The van der Waals surface area contributed by atoms with E-state index in [0.29, 0.717) is 23.8 Å². The highest BCUT2D eigenvalue weighted by Gasteiger charge is 2.58. The minimum Gasteiger partial charge on any atom is -0.346 e. The van der Waals surface area contributed by atoms with Crippen LogP contribution in [-0.4, -0.2) is 51.7 Å². The maximum atomic E-state index is 13.4. The largest absolute Gasteiger partial charge is 0.346 e. The van der Waals surface area contributed by atoms with Crippen LogP contribution in [0.5, 0.6) is 0 Å². The van der Waals surface area contributed by atoms with Gasteiger partial charge in [0.05, 0.1) is 17.9 Å². The minimum atomic E-state index is -0.179. The fourth-order valence-electron chi connectivity index (χ4n) is 5.85. The van der Waals surface area contributed by atoms with Gasteiger partial charge in [-0.3, -0.25) is 9.59 Å². The van der Waals surface area contributed by atoms with Gasteiger partial charge in [-0.05, 0) is 75.2 Å². The van der Waals surface area contributed by atoms with Crippen LogP contribution in [0.2, 0.25) is 5.15 Å². The van der Waals surface area contributed by atoms with Gasteiger partial charge in [-0.25, -0.2) is 9.97 Å². The predicted molar refractivity (Wildman–Crippen MR) is 151 cm³/mol. The highest BCUT2D eigenvalue weighted by atomic mass is 35.5. The van der Waals surface area contributed by atoms with E-state index in [-0.39, 0.29) is 23.3 Å². The number of carbonyl (C=O) groups is 2. The van der Waals surface area contributed by atoms with Crippen LogP contribution in [-0.2, 0) is 9.59 Å². The summed E-state index contributed by atoms with van der Waals surface area (Å²) in [5.74, 6) is 1.36. The Labute approximate surface area is 229 Å². The van der Waals surface area contributed by atoms with Gasteiger partial charge in [-0.15, -0.1) is 0 Å². The summed E-state index contributed by atoms with van der Waals surface area (Å²) in [7, 11) is 2.16. The molecule has 5 rings (SSSR count). The third kappa shape index (κ3) is 6.10. The molecule has 1 spiro atoms. The molecular weight excluding hydrogens is 498 g/mol. The third-order valence-corrected chi connectivity index (χ3v) is 8.78. The van der Waals surface area contributed by atoms with E-state index in [1.165, 1.54) is 0 Å². The molecule has 7 nitrogen and oxygen atoms in total. The summed E-state index contributed by atoms with van der Waals surface area (Å²) in [6.45, 7) is 4.05. The number of Topliss-reactive ketones (excluding diaryl/α,β-unsaturated/α-hetero) is 1. The predicted octanol–water partition coefficient (Wildman–Crippen LogP) is 6.10. The number of nitrogens with zero attached hydrogens (tertiary/aromatic N) is 3. The van der Waals surface area contributed by atoms with Crippen LogP contribution in [0.15, 0.2) is 36.7 Å². The van der Waals surface area contributed by atoms with Gasteiger partial charge in [0.15, 0.2) is 0 Å². The molecule has 3 heterocycles. The molecule has 0 unspecified atom stereocenters. The van der Waals surface area contributed by atoms with Crippen LogP contribution < -0.4 is 5.32 Å². The van der Waals surface area contributed by atoms with Crippen molar-refractivity contribution in [2.24, 2.45) is 11.3 Å². The number of aromatic amines is 1. The topological polar surface area (TPSA) is 91.0 Å². The maximum absolute atomic E-state index is 13.4. The lowest BCUT2D eigenvalue weighted by Crippen LogP contribution is -2.36. The summed E-state index contributed by atoms with van der Waals surface area (Å²) < 4.78 is 0. The molecule has 0 bridgehead atoms. The van der Waals surface area contributed by atoms with Crippen molar-refractivity contribution in [3.63, 3.8) is 0 Å². The summed E-state index contributed by atoms with van der Waals surface area (Å²) >= 11 is 6.11. The minimum absolute atomic E-state index is 0.106. The van der Waals surface area contributed by atoms with Crippen LogP contribution in [0.3, 0.4) is 0 Å². The van der Waals surface area contributed by atoms with Gasteiger partial charge in [-0.1, -0.05) is 43.5 Å². The average Bonchev–Trinajstić information content (AvgIpc) is 3.40. The first-order valence-corrected chi connectivity index (χ1v) is 14.4. The first-order valence-electron chi connectivity index (χ1n) is 14.0. The number of aromatic nitrogens is 3. The molecule has 1 aromatic carbocycles. The smallest absolute Gasteiger partial charge is 0.224 e. The summed E-state index contributed by atoms with van der Waals surface area (Å²) in [6, 6.07) is 7.83. The Morgan fingerprint density at radius 2 is 1.95 bits per heavy atom. The Hall–Kier alpha value is -2.77. The maximum Gasteiger partial charge on any atom is 0.224 e. The summed E-state index contributed by atoms with van der Waals surface area (Å²) in [6.07, 6.45) is 11.6. The number of likely N-dealkylation sites (tertiary alicyclic amines) is 1. The number of hydrogen-bond acceptors (Lipinski definition) is 5. The molecular formula is C30H38ClN5O2. The zero-order valence-corrected chi connectivity index (χ0v) is 23.2. The van der Waals surface area contributed by atoms with Crippen molar-refractivity contribution in [1.82, 2.24) is 25.2 Å². The van der Waals surface area contributed by atoms with Crippen molar-refractivity contribution in [3.05, 3.63) is 47.6 Å². The molecule has 2 fully saturated rings. The lowest BCUT2D eigenvalue weighted by molar-refractivity contribution is -0.124. The van der Waals surface area contributed by atoms with Gasteiger partial charge in [0, 0.05) is 35.9 Å². The molecule has 3 aromatic rings. The molecule has 1 saturated heterocycles. The van der Waals surface area contributed by atoms with E-state index in [1.807, 2.05) is 31.3 Å². The number of ketones is 1. The van der Waals surface area contributed by atoms with Crippen molar-refractivity contribution in [2.45, 2.75) is 70.8 Å². The molecule has 1 aliphatic heterocycles. The molecule has 2 aliphatic rings. The van der Waals surface area contributed by atoms with Crippen molar-refractivity contribution < 1.29 is 9.59 Å². The van der Waals surface area contributed by atoms with E-state index in [4.69, 9.17) is 16.6 Å². The van der Waals surface area contributed by atoms with Crippen LogP contribution in [0.4, 0.5) is 0 Å². The number of carbonyl (C=O) groups excluding carboxylic acids is 2. The van der Waals surface area contributed by atoms with Crippen molar-refractivity contribution in [3.8, 4) is 11.3 Å². The number of fused-ring (bicyclic) bond motifs is 1. The second-order valence-corrected chi connectivity index (χ2v) is 11.6. The first-order chi connectivity index (χ1) is 18.4. The Bertz CT molecular complexity index is 1300. The van der Waals surface area contributed by atoms with Crippen molar-refractivity contribution in [1.29, 1.82) is 0 Å². The van der Waals surface area contributed by atoms with E-state index in [1.54, 1.807) is 6.20 Å². The molecule has 8 heteroatoms. The number of pyridine rings is 1. The summed E-state index contributed by atoms with van der Waals surface area (Å²) in [4.78, 5) is 39.8. The van der Waals surface area contributed by atoms with Crippen LogP contribution in [0.1, 0.15) is 76.6 Å². The van der Waals surface area contributed by atoms with Crippen molar-refractivity contribution in [2.75, 3.05) is 20.1 Å². The van der Waals surface area contributed by atoms with E-state index < -0.39 is 0 Å². The van der Waals surface area contributed by atoms with Crippen LogP contribution >= 0.6 is 11.6 Å². The summed E-state index contributed by atoms with van der Waals surface area (Å²) in [5, 5.41) is 5.86. The fraction of sp³-hybridized carbons (Fsp3) is 0.533. The zero-order valence-electron chi connectivity index (χ0n) is 22.4. The number of nitrogens with one attached hydrogen (secondary N) is 2. The first kappa shape index (κ1) is 26.8. The molecule has 38 heavy (non-hydrogen) atoms. The highest BCUT2D eigenvalue weighted by Crippen LogP contribution is 2.59. The number of benzene rings is 1. The summed E-state index contributed by atoms with van der Waals surface area (Å²) in [5.41, 5.74) is 2.10. The molecule has 202 valence electrons. The van der Waals surface area contributed by atoms with Gasteiger partial charge in [0.1, 0.15) is 16.8 Å². The monoisotopic (exact) mass is 535 g/mol. The molecule has 2 atom stereocenters. The number of H-pyrrole nitrogens is 1. The quantitative estimate of drug-likeness (QED) is 0.229. The number of piperidine rings is 1.